The number of halogens is 3. The first-order chi connectivity index (χ1) is 6.04. The van der Waals surface area contributed by atoms with Gasteiger partial charge in [0, 0.05) is 0 Å². The minimum atomic E-state index is -0.672. The zero-order valence-corrected chi connectivity index (χ0v) is 8.97. The molecule has 0 aliphatic rings. The average molecular weight is 207 g/mol. The molecule has 0 nitrogen and oxygen atoms in total. The quantitative estimate of drug-likeness (QED) is 0.557. The van der Waals surface area contributed by atoms with Crippen LogP contribution in [-0.2, 0) is 0 Å². The molecule has 0 radical (unpaired) electrons. The fourth-order valence-electron chi connectivity index (χ4n) is 0.894. The van der Waals surface area contributed by atoms with Crippen molar-refractivity contribution < 1.29 is 8.78 Å². The maximum Gasteiger partial charge on any atom is 0.147 e. The molecule has 0 aliphatic carbocycles. The Hall–Kier alpha value is -0.630. The van der Waals surface area contributed by atoms with Crippen molar-refractivity contribution >= 4 is 11.6 Å². The molecule has 74 valence electrons. The second-order valence-electron chi connectivity index (χ2n) is 2.45. The molecule has 13 heavy (non-hydrogen) atoms. The van der Waals surface area contributed by atoms with Gasteiger partial charge in [0.1, 0.15) is 16.7 Å². The monoisotopic (exact) mass is 206 g/mol. The number of rotatable bonds is 0. The minimum Gasteiger partial charge on any atom is -0.205 e. The van der Waals surface area contributed by atoms with Gasteiger partial charge in [0.2, 0.25) is 0 Å². The predicted molar refractivity (Wildman–Crippen MR) is 52.2 cm³/mol. The minimum absolute atomic E-state index is 0.369. The third kappa shape index (κ3) is 2.66. The molecule has 0 fully saturated rings. The van der Waals surface area contributed by atoms with Crippen molar-refractivity contribution in [3.05, 3.63) is 33.9 Å². The molecule has 0 heterocycles. The van der Waals surface area contributed by atoms with Crippen molar-refractivity contribution in [1.82, 2.24) is 0 Å². The van der Waals surface area contributed by atoms with Gasteiger partial charge < -0.3 is 0 Å². The summed E-state index contributed by atoms with van der Waals surface area (Å²) in [7, 11) is 0. The van der Waals surface area contributed by atoms with Gasteiger partial charge in [0.05, 0.1) is 0 Å². The van der Waals surface area contributed by atoms with Crippen LogP contribution in [0.3, 0.4) is 0 Å². The van der Waals surface area contributed by atoms with Crippen LogP contribution in [0.5, 0.6) is 0 Å². The standard InChI is InChI=1S/C8H7ClF2.C2H6/c1-4-3-5(2)8(11)6(9)7(4)10;1-2/h3H,1-2H3;1-2H3. The summed E-state index contributed by atoms with van der Waals surface area (Å²) in [6.07, 6.45) is 0. The predicted octanol–water partition coefficient (Wildman–Crippen LogP) is 4.26. The molecule has 0 atom stereocenters. The molecule has 0 unspecified atom stereocenters. The number of aryl methyl sites for hydroxylation is 2. The van der Waals surface area contributed by atoms with E-state index in [9.17, 15) is 8.78 Å². The summed E-state index contributed by atoms with van der Waals surface area (Å²) >= 11 is 5.34. The SMILES string of the molecule is CC.Cc1cc(C)c(F)c(Cl)c1F. The van der Waals surface area contributed by atoms with Crippen molar-refractivity contribution in [2.24, 2.45) is 0 Å². The molecule has 0 bridgehead atoms. The van der Waals surface area contributed by atoms with Gasteiger partial charge in [-0.3, -0.25) is 0 Å². The number of hydrogen-bond acceptors (Lipinski definition) is 0. The summed E-state index contributed by atoms with van der Waals surface area (Å²) in [6, 6.07) is 1.43. The molecular formula is C10H13ClF2. The van der Waals surface area contributed by atoms with Crippen molar-refractivity contribution in [1.29, 1.82) is 0 Å². The normalized spacial score (nSPS) is 9.15. The Bertz CT molecular complexity index is 269. The van der Waals surface area contributed by atoms with Crippen LogP contribution < -0.4 is 0 Å². The lowest BCUT2D eigenvalue weighted by molar-refractivity contribution is 0.572. The van der Waals surface area contributed by atoms with Crippen molar-refractivity contribution in [2.75, 3.05) is 0 Å². The van der Waals surface area contributed by atoms with Crippen LogP contribution in [0.1, 0.15) is 25.0 Å². The Morgan fingerprint density at radius 1 is 1.00 bits per heavy atom. The highest BCUT2D eigenvalue weighted by atomic mass is 35.5. The van der Waals surface area contributed by atoms with Crippen LogP contribution in [0.2, 0.25) is 5.02 Å². The van der Waals surface area contributed by atoms with E-state index < -0.39 is 16.7 Å². The number of hydrogen-bond donors (Lipinski definition) is 0. The van der Waals surface area contributed by atoms with E-state index in [0.29, 0.717) is 11.1 Å². The van der Waals surface area contributed by atoms with Gasteiger partial charge in [-0.1, -0.05) is 31.5 Å². The van der Waals surface area contributed by atoms with Gasteiger partial charge in [0.25, 0.3) is 0 Å². The lowest BCUT2D eigenvalue weighted by Gasteiger charge is -2.02. The first-order valence-corrected chi connectivity index (χ1v) is 4.52. The van der Waals surface area contributed by atoms with Gasteiger partial charge in [0.15, 0.2) is 0 Å². The molecule has 0 aliphatic heterocycles. The largest absolute Gasteiger partial charge is 0.205 e. The summed E-state index contributed by atoms with van der Waals surface area (Å²) in [5.41, 5.74) is 0.739. The molecule has 1 aromatic rings. The van der Waals surface area contributed by atoms with Gasteiger partial charge in [-0.25, -0.2) is 8.78 Å². The summed E-state index contributed by atoms with van der Waals surface area (Å²) in [6.45, 7) is 7.10. The van der Waals surface area contributed by atoms with E-state index in [4.69, 9.17) is 11.6 Å². The third-order valence-electron chi connectivity index (χ3n) is 1.51. The lowest BCUT2D eigenvalue weighted by Crippen LogP contribution is -1.91. The van der Waals surface area contributed by atoms with E-state index in [1.54, 1.807) is 13.8 Å². The summed E-state index contributed by atoms with van der Waals surface area (Å²) in [5, 5.41) is -0.414. The molecule has 0 aromatic heterocycles. The highest BCUT2D eigenvalue weighted by Gasteiger charge is 2.11. The van der Waals surface area contributed by atoms with Gasteiger partial charge >= 0.3 is 0 Å². The first-order valence-electron chi connectivity index (χ1n) is 4.14. The van der Waals surface area contributed by atoms with E-state index in [1.165, 1.54) is 6.07 Å². The maximum atomic E-state index is 12.8. The fourth-order valence-corrected chi connectivity index (χ4v) is 1.19. The van der Waals surface area contributed by atoms with Crippen LogP contribution in [0, 0.1) is 25.5 Å². The zero-order chi connectivity index (χ0) is 10.6. The zero-order valence-electron chi connectivity index (χ0n) is 8.21. The third-order valence-corrected chi connectivity index (χ3v) is 1.84. The molecule has 0 spiro atoms. The lowest BCUT2D eigenvalue weighted by atomic mass is 10.1. The summed E-state index contributed by atoms with van der Waals surface area (Å²) in [4.78, 5) is 0. The van der Waals surface area contributed by atoms with Crippen LogP contribution in [0.15, 0.2) is 6.07 Å². The Labute approximate surface area is 82.5 Å². The van der Waals surface area contributed by atoms with Crippen LogP contribution in [0.4, 0.5) is 8.78 Å². The van der Waals surface area contributed by atoms with E-state index in [2.05, 4.69) is 0 Å². The second kappa shape index (κ2) is 5.18. The maximum absolute atomic E-state index is 12.8. The number of benzene rings is 1. The molecular weight excluding hydrogens is 194 g/mol. The highest BCUT2D eigenvalue weighted by molar-refractivity contribution is 6.31. The Morgan fingerprint density at radius 3 is 1.62 bits per heavy atom. The first kappa shape index (κ1) is 12.4. The molecule has 0 saturated carbocycles. The second-order valence-corrected chi connectivity index (χ2v) is 2.83. The smallest absolute Gasteiger partial charge is 0.147 e. The van der Waals surface area contributed by atoms with E-state index in [-0.39, 0.29) is 0 Å². The molecule has 3 heteroatoms. The molecule has 0 amide bonds. The van der Waals surface area contributed by atoms with E-state index in [0.717, 1.165) is 0 Å². The Balaban J connectivity index is 0.000000671. The molecule has 1 rings (SSSR count). The van der Waals surface area contributed by atoms with Crippen LogP contribution in [0.25, 0.3) is 0 Å². The molecule has 1 aromatic carbocycles. The highest BCUT2D eigenvalue weighted by Crippen LogP contribution is 2.24. The topological polar surface area (TPSA) is 0 Å². The average Bonchev–Trinajstić information content (AvgIpc) is 2.15. The molecule has 0 saturated heterocycles. The molecule has 0 N–H and O–H groups in total. The van der Waals surface area contributed by atoms with Gasteiger partial charge in [-0.2, -0.15) is 0 Å². The van der Waals surface area contributed by atoms with Gasteiger partial charge in [-0.05, 0) is 25.0 Å². The van der Waals surface area contributed by atoms with Crippen molar-refractivity contribution in [2.45, 2.75) is 27.7 Å². The Morgan fingerprint density at radius 2 is 1.31 bits per heavy atom. The van der Waals surface area contributed by atoms with Crippen molar-refractivity contribution in [3.63, 3.8) is 0 Å². The fraction of sp³-hybridized carbons (Fsp3) is 0.400. The van der Waals surface area contributed by atoms with E-state index >= 15 is 0 Å². The summed E-state index contributed by atoms with van der Waals surface area (Å²) in [5.74, 6) is -1.34. The Kier molecular flexibility index (Phi) is 4.92. The van der Waals surface area contributed by atoms with Crippen LogP contribution in [-0.4, -0.2) is 0 Å². The summed E-state index contributed by atoms with van der Waals surface area (Å²) < 4.78 is 25.6. The van der Waals surface area contributed by atoms with Gasteiger partial charge in [-0.15, -0.1) is 0 Å². The van der Waals surface area contributed by atoms with E-state index in [1.807, 2.05) is 13.8 Å². The van der Waals surface area contributed by atoms with Crippen molar-refractivity contribution in [3.8, 4) is 0 Å². The van der Waals surface area contributed by atoms with Crippen LogP contribution >= 0.6 is 11.6 Å².